The maximum Gasteiger partial charge on any atom is 0.321 e. The number of hydrogen-bond acceptors (Lipinski definition) is 2. The highest BCUT2D eigenvalue weighted by atomic mass is 16.3. The highest BCUT2D eigenvalue weighted by molar-refractivity contribution is 5.94. The van der Waals surface area contributed by atoms with Crippen LogP contribution in [0.5, 0.6) is 0 Å². The highest BCUT2D eigenvalue weighted by Gasteiger charge is 2.23. The Morgan fingerprint density at radius 3 is 2.90 bits per heavy atom. The van der Waals surface area contributed by atoms with Crippen LogP contribution in [0.25, 0.3) is 0 Å². The number of carbonyl (C=O) groups is 1. The summed E-state index contributed by atoms with van der Waals surface area (Å²) in [5.74, 6) is 0. The third kappa shape index (κ3) is 3.51. The van der Waals surface area contributed by atoms with Gasteiger partial charge in [0.05, 0.1) is 0 Å². The summed E-state index contributed by atoms with van der Waals surface area (Å²) in [5, 5.41) is 12.2. The van der Waals surface area contributed by atoms with E-state index in [0.29, 0.717) is 6.54 Å². The Hall–Kier alpha value is -1.55. The average molecular weight is 276 g/mol. The monoisotopic (exact) mass is 276 g/mol. The summed E-state index contributed by atoms with van der Waals surface area (Å²) in [5.41, 5.74) is 2.20. The van der Waals surface area contributed by atoms with Crippen LogP contribution in [0.3, 0.4) is 0 Å². The largest absolute Gasteiger partial charge is 0.396 e. The molecule has 2 N–H and O–H groups in total. The number of urea groups is 1. The van der Waals surface area contributed by atoms with Crippen molar-refractivity contribution in [2.45, 2.75) is 33.1 Å². The lowest BCUT2D eigenvalue weighted by Crippen LogP contribution is -2.39. The summed E-state index contributed by atoms with van der Waals surface area (Å²) in [6, 6.07) is 8.03. The number of nitrogens with zero attached hydrogens (tertiary/aromatic N) is 1. The molecule has 0 aliphatic carbocycles. The molecule has 1 aromatic rings. The van der Waals surface area contributed by atoms with Gasteiger partial charge in [0.1, 0.15) is 0 Å². The Bertz CT molecular complexity index is 471. The van der Waals surface area contributed by atoms with Gasteiger partial charge < -0.3 is 10.4 Å². The molecule has 0 saturated carbocycles. The zero-order valence-corrected chi connectivity index (χ0v) is 12.4. The second-order valence-corrected chi connectivity index (χ2v) is 6.19. The van der Waals surface area contributed by atoms with Crippen molar-refractivity contribution < 1.29 is 9.90 Å². The fraction of sp³-hybridized carbons (Fsp3) is 0.562. The molecule has 1 heterocycles. The summed E-state index contributed by atoms with van der Waals surface area (Å²) in [4.78, 5) is 14.0. The summed E-state index contributed by atoms with van der Waals surface area (Å²) in [6.07, 6.45) is 2.72. The van der Waals surface area contributed by atoms with Gasteiger partial charge >= 0.3 is 6.03 Å². The van der Waals surface area contributed by atoms with E-state index in [9.17, 15) is 9.90 Å². The van der Waals surface area contributed by atoms with Gasteiger partial charge in [-0.25, -0.2) is 4.79 Å². The summed E-state index contributed by atoms with van der Waals surface area (Å²) in [7, 11) is 0. The number of hydrogen-bond donors (Lipinski definition) is 2. The maximum absolute atomic E-state index is 12.2. The zero-order valence-electron chi connectivity index (χ0n) is 12.4. The van der Waals surface area contributed by atoms with E-state index >= 15 is 0 Å². The van der Waals surface area contributed by atoms with Crippen LogP contribution in [0.2, 0.25) is 0 Å². The lowest BCUT2D eigenvalue weighted by atomic mass is 9.89. The average Bonchev–Trinajstić information content (AvgIpc) is 2.87. The quantitative estimate of drug-likeness (QED) is 0.812. The fourth-order valence-electron chi connectivity index (χ4n) is 2.49. The minimum absolute atomic E-state index is 0.0169. The summed E-state index contributed by atoms with van der Waals surface area (Å²) in [6.45, 7) is 5.66. The number of para-hydroxylation sites is 1. The molecular weight excluding hydrogens is 252 g/mol. The molecule has 0 fully saturated rings. The van der Waals surface area contributed by atoms with Crippen LogP contribution in [-0.4, -0.2) is 30.8 Å². The molecule has 0 saturated heterocycles. The molecule has 0 aromatic heterocycles. The highest BCUT2D eigenvalue weighted by Crippen LogP contribution is 2.27. The molecule has 2 amide bonds. The molecule has 0 radical (unpaired) electrons. The molecule has 0 atom stereocenters. The SMILES string of the molecule is CC(C)(CO)CCCNC(=O)N1CCc2ccccc21. The topological polar surface area (TPSA) is 52.6 Å². The summed E-state index contributed by atoms with van der Waals surface area (Å²) >= 11 is 0. The first-order valence-electron chi connectivity index (χ1n) is 7.28. The molecule has 20 heavy (non-hydrogen) atoms. The first-order chi connectivity index (χ1) is 9.53. The number of nitrogens with one attached hydrogen (secondary N) is 1. The van der Waals surface area contributed by atoms with Gasteiger partial charge in [-0.2, -0.15) is 0 Å². The first-order valence-corrected chi connectivity index (χ1v) is 7.28. The van der Waals surface area contributed by atoms with Gasteiger partial charge in [-0.15, -0.1) is 0 Å². The van der Waals surface area contributed by atoms with Crippen molar-refractivity contribution in [1.82, 2.24) is 5.32 Å². The molecule has 110 valence electrons. The van der Waals surface area contributed by atoms with Crippen molar-refractivity contribution in [3.05, 3.63) is 29.8 Å². The molecule has 0 unspecified atom stereocenters. The van der Waals surface area contributed by atoms with Crippen LogP contribution >= 0.6 is 0 Å². The third-order valence-corrected chi connectivity index (χ3v) is 3.87. The van der Waals surface area contributed by atoms with E-state index in [1.54, 1.807) is 0 Å². The van der Waals surface area contributed by atoms with Gasteiger partial charge in [0, 0.05) is 25.4 Å². The van der Waals surface area contributed by atoms with Crippen LogP contribution in [0, 0.1) is 5.41 Å². The van der Waals surface area contributed by atoms with E-state index in [0.717, 1.165) is 31.5 Å². The van der Waals surface area contributed by atoms with Gasteiger partial charge in [-0.3, -0.25) is 4.90 Å². The number of anilines is 1. The number of amides is 2. The van der Waals surface area contributed by atoms with Crippen molar-refractivity contribution in [2.75, 3.05) is 24.6 Å². The zero-order chi connectivity index (χ0) is 14.6. The number of benzene rings is 1. The Morgan fingerprint density at radius 1 is 1.40 bits per heavy atom. The Kier molecular flexibility index (Phi) is 4.65. The summed E-state index contributed by atoms with van der Waals surface area (Å²) < 4.78 is 0. The van der Waals surface area contributed by atoms with E-state index in [1.165, 1.54) is 5.56 Å². The van der Waals surface area contributed by atoms with E-state index < -0.39 is 0 Å². The maximum atomic E-state index is 12.2. The number of aliphatic hydroxyl groups is 1. The fourth-order valence-corrected chi connectivity index (χ4v) is 2.49. The van der Waals surface area contributed by atoms with Crippen molar-refractivity contribution in [3.63, 3.8) is 0 Å². The molecule has 2 rings (SSSR count). The molecule has 0 spiro atoms. The second kappa shape index (κ2) is 6.27. The van der Waals surface area contributed by atoms with E-state index in [1.807, 2.05) is 36.9 Å². The van der Waals surface area contributed by atoms with E-state index in [4.69, 9.17) is 0 Å². The smallest absolute Gasteiger partial charge is 0.321 e. The van der Waals surface area contributed by atoms with Crippen molar-refractivity contribution in [3.8, 4) is 0 Å². The molecule has 1 aromatic carbocycles. The second-order valence-electron chi connectivity index (χ2n) is 6.19. The van der Waals surface area contributed by atoms with Gasteiger partial charge in [0.2, 0.25) is 0 Å². The number of fused-ring (bicyclic) bond motifs is 1. The normalized spacial score (nSPS) is 14.2. The Balaban J connectivity index is 1.79. The van der Waals surface area contributed by atoms with Crippen LogP contribution in [0.4, 0.5) is 10.5 Å². The predicted molar refractivity (Wildman–Crippen MR) is 81.0 cm³/mol. The first kappa shape index (κ1) is 14.9. The van der Waals surface area contributed by atoms with E-state index in [2.05, 4.69) is 11.4 Å². The van der Waals surface area contributed by atoms with Gasteiger partial charge in [-0.1, -0.05) is 32.0 Å². The molecule has 1 aliphatic rings. The minimum atomic E-state index is -0.0645. The van der Waals surface area contributed by atoms with Crippen LogP contribution in [0.15, 0.2) is 24.3 Å². The lowest BCUT2D eigenvalue weighted by Gasteiger charge is -2.22. The van der Waals surface area contributed by atoms with Crippen molar-refractivity contribution >= 4 is 11.7 Å². The van der Waals surface area contributed by atoms with Crippen LogP contribution in [-0.2, 0) is 6.42 Å². The molecular formula is C16H24N2O2. The van der Waals surface area contributed by atoms with Gasteiger partial charge in [-0.05, 0) is 36.3 Å². The van der Waals surface area contributed by atoms with Crippen molar-refractivity contribution in [2.24, 2.45) is 5.41 Å². The molecule has 4 nitrogen and oxygen atoms in total. The van der Waals surface area contributed by atoms with E-state index in [-0.39, 0.29) is 18.1 Å². The number of carbonyl (C=O) groups excluding carboxylic acids is 1. The minimum Gasteiger partial charge on any atom is -0.396 e. The molecule has 4 heteroatoms. The third-order valence-electron chi connectivity index (χ3n) is 3.87. The van der Waals surface area contributed by atoms with Crippen molar-refractivity contribution in [1.29, 1.82) is 0 Å². The van der Waals surface area contributed by atoms with Crippen LogP contribution < -0.4 is 10.2 Å². The number of aliphatic hydroxyl groups excluding tert-OH is 1. The number of rotatable bonds is 5. The standard InChI is InChI=1S/C16H24N2O2/c1-16(2,12-19)9-5-10-17-15(20)18-11-8-13-6-3-4-7-14(13)18/h3-4,6-7,19H,5,8-12H2,1-2H3,(H,17,20). The van der Waals surface area contributed by atoms with Gasteiger partial charge in [0.25, 0.3) is 0 Å². The lowest BCUT2D eigenvalue weighted by molar-refractivity contribution is 0.148. The van der Waals surface area contributed by atoms with Crippen LogP contribution in [0.1, 0.15) is 32.3 Å². The Labute approximate surface area is 120 Å². The van der Waals surface area contributed by atoms with Gasteiger partial charge in [0.15, 0.2) is 0 Å². The Morgan fingerprint density at radius 2 is 2.15 bits per heavy atom. The predicted octanol–water partition coefficient (Wildman–Crippen LogP) is 2.56. The molecule has 1 aliphatic heterocycles. The molecule has 0 bridgehead atoms.